The Kier molecular flexibility index (Phi) is 6.81. The molecule has 0 radical (unpaired) electrons. The van der Waals surface area contributed by atoms with Crippen molar-refractivity contribution in [3.8, 4) is 0 Å². The van der Waals surface area contributed by atoms with Crippen LogP contribution in [0.2, 0.25) is 0 Å². The van der Waals surface area contributed by atoms with E-state index in [-0.39, 0.29) is 5.25 Å². The van der Waals surface area contributed by atoms with Gasteiger partial charge in [-0.25, -0.2) is 9.97 Å². The highest BCUT2D eigenvalue weighted by Crippen LogP contribution is 2.55. The topological polar surface area (TPSA) is 51.8 Å². The van der Waals surface area contributed by atoms with Crippen molar-refractivity contribution in [1.29, 1.82) is 0 Å². The maximum absolute atomic E-state index is 6.61. The van der Waals surface area contributed by atoms with Crippen LogP contribution in [-0.2, 0) is 6.42 Å². The molecule has 2 atom stereocenters. The van der Waals surface area contributed by atoms with E-state index < -0.39 is 0 Å². The van der Waals surface area contributed by atoms with Gasteiger partial charge in [0.15, 0.2) is 5.16 Å². The lowest BCUT2D eigenvalue weighted by molar-refractivity contribution is 0.893. The Bertz CT molecular complexity index is 1500. The van der Waals surface area contributed by atoms with Crippen LogP contribution in [0.3, 0.4) is 0 Å². The maximum Gasteiger partial charge on any atom is 0.191 e. The quantitative estimate of drug-likeness (QED) is 0.180. The Morgan fingerprint density at radius 2 is 1.53 bits per heavy atom. The van der Waals surface area contributed by atoms with Gasteiger partial charge in [0, 0.05) is 15.9 Å². The highest BCUT2D eigenvalue weighted by Gasteiger charge is 2.34. The van der Waals surface area contributed by atoms with Gasteiger partial charge >= 0.3 is 0 Å². The summed E-state index contributed by atoms with van der Waals surface area (Å²) in [6, 6.07) is 31.9. The number of anilines is 1. The third kappa shape index (κ3) is 4.81. The Balaban J connectivity index is 1.34. The molecule has 6 rings (SSSR count). The fourth-order valence-corrected chi connectivity index (χ4v) is 8.35. The van der Waals surface area contributed by atoms with Gasteiger partial charge in [-0.15, -0.1) is 23.1 Å². The molecule has 6 heteroatoms. The van der Waals surface area contributed by atoms with E-state index in [0.29, 0.717) is 11.1 Å². The lowest BCUT2D eigenvalue weighted by atomic mass is 9.98. The van der Waals surface area contributed by atoms with Crippen molar-refractivity contribution < 1.29 is 0 Å². The summed E-state index contributed by atoms with van der Waals surface area (Å²) in [5, 5.41) is 2.39. The largest absolute Gasteiger partial charge is 0.383 e. The van der Waals surface area contributed by atoms with Crippen LogP contribution in [0.15, 0.2) is 102 Å². The minimum absolute atomic E-state index is 0.253. The summed E-state index contributed by atoms with van der Waals surface area (Å²) in [6.45, 7) is 0. The zero-order valence-corrected chi connectivity index (χ0v) is 22.0. The summed E-state index contributed by atoms with van der Waals surface area (Å²) in [5.41, 5.74) is 11.8. The molecule has 0 bridgehead atoms. The second kappa shape index (κ2) is 10.5. The molecule has 0 aliphatic carbocycles. The number of nitrogens with zero attached hydrogens (tertiary/aromatic N) is 2. The van der Waals surface area contributed by atoms with Gasteiger partial charge in [0.25, 0.3) is 0 Å². The minimum atomic E-state index is 0.253. The van der Waals surface area contributed by atoms with Crippen LogP contribution in [0.25, 0.3) is 16.3 Å². The summed E-state index contributed by atoms with van der Waals surface area (Å²) in [5.74, 6) is 1.39. The number of hydrogen-bond donors (Lipinski definition) is 1. The van der Waals surface area contributed by atoms with Crippen molar-refractivity contribution in [3.05, 3.63) is 124 Å². The van der Waals surface area contributed by atoms with Crippen molar-refractivity contribution in [3.63, 3.8) is 0 Å². The fraction of sp³-hybridized carbons (Fsp3) is 0.133. The molecule has 178 valence electrons. The van der Waals surface area contributed by atoms with Crippen LogP contribution in [0, 0.1) is 0 Å². The first-order chi connectivity index (χ1) is 17.8. The van der Waals surface area contributed by atoms with E-state index in [1.165, 1.54) is 27.1 Å². The minimum Gasteiger partial charge on any atom is -0.383 e. The Labute approximate surface area is 223 Å². The fourth-order valence-electron chi connectivity index (χ4n) is 4.61. The molecule has 5 aromatic rings. The van der Waals surface area contributed by atoms with Crippen LogP contribution in [0.4, 0.5) is 5.82 Å². The molecule has 2 N–H and O–H groups in total. The molecule has 36 heavy (non-hydrogen) atoms. The average Bonchev–Trinajstić information content (AvgIpc) is 3.31. The molecule has 3 aromatic carbocycles. The molecule has 2 unspecified atom stereocenters. The molecule has 0 saturated carbocycles. The van der Waals surface area contributed by atoms with E-state index in [0.717, 1.165) is 27.5 Å². The highest BCUT2D eigenvalue weighted by atomic mass is 32.2. The van der Waals surface area contributed by atoms with Crippen LogP contribution >= 0.6 is 34.9 Å². The summed E-state index contributed by atoms with van der Waals surface area (Å²) in [4.78, 5) is 12.0. The molecular weight excluding hydrogens is 499 g/mol. The average molecular weight is 524 g/mol. The zero-order valence-electron chi connectivity index (χ0n) is 19.6. The van der Waals surface area contributed by atoms with Crippen molar-refractivity contribution in [2.24, 2.45) is 0 Å². The van der Waals surface area contributed by atoms with Gasteiger partial charge in [0.2, 0.25) is 0 Å². The number of hydrogen-bond acceptors (Lipinski definition) is 6. The number of benzene rings is 3. The monoisotopic (exact) mass is 523 g/mol. The number of nitrogens with two attached hydrogens (primary N) is 1. The predicted molar refractivity (Wildman–Crippen MR) is 157 cm³/mol. The molecule has 2 aromatic heterocycles. The number of rotatable bonds is 6. The molecule has 1 aliphatic rings. The van der Waals surface area contributed by atoms with Gasteiger partial charge in [-0.05, 0) is 28.7 Å². The van der Waals surface area contributed by atoms with Crippen LogP contribution < -0.4 is 5.73 Å². The summed E-state index contributed by atoms with van der Waals surface area (Å²) in [7, 11) is 0. The third-order valence-electron chi connectivity index (χ3n) is 6.31. The smallest absolute Gasteiger partial charge is 0.191 e. The molecule has 3 heterocycles. The Morgan fingerprint density at radius 1 is 0.861 bits per heavy atom. The normalized spacial score (nSPS) is 17.4. The molecule has 0 saturated heterocycles. The van der Waals surface area contributed by atoms with Crippen LogP contribution in [-0.4, -0.2) is 15.7 Å². The highest BCUT2D eigenvalue weighted by molar-refractivity contribution is 8.00. The first kappa shape index (κ1) is 23.3. The standard InChI is InChI=1S/C30H25N3S3/c31-28-25-23-19-24(21-14-6-2-7-15-21)35-26(22-16-8-3-9-17-22)27(23)36-29(25)33-30(32-28)34-18-10-13-20-11-4-1-5-12-20/h1-17,24,26H,18-19H2,(H2,31,32,33). The number of thiophene rings is 1. The van der Waals surface area contributed by atoms with Gasteiger partial charge in [0.05, 0.1) is 10.6 Å². The summed E-state index contributed by atoms with van der Waals surface area (Å²) in [6.07, 6.45) is 5.22. The van der Waals surface area contributed by atoms with Gasteiger partial charge in [0.1, 0.15) is 10.6 Å². The van der Waals surface area contributed by atoms with E-state index in [1.807, 2.05) is 30.0 Å². The van der Waals surface area contributed by atoms with E-state index in [4.69, 9.17) is 15.7 Å². The van der Waals surface area contributed by atoms with Crippen molar-refractivity contribution in [2.45, 2.75) is 22.1 Å². The first-order valence-electron chi connectivity index (χ1n) is 11.9. The molecular formula is C30H25N3S3. The zero-order chi connectivity index (χ0) is 24.3. The van der Waals surface area contributed by atoms with Crippen molar-refractivity contribution in [2.75, 3.05) is 11.5 Å². The molecule has 0 fully saturated rings. The number of aromatic nitrogens is 2. The second-order valence-corrected chi connectivity index (χ2v) is 12.0. The third-order valence-corrected chi connectivity index (χ3v) is 10.00. The van der Waals surface area contributed by atoms with Crippen molar-refractivity contribution >= 4 is 57.0 Å². The lowest BCUT2D eigenvalue weighted by Crippen LogP contribution is -2.12. The summed E-state index contributed by atoms with van der Waals surface area (Å²) >= 11 is 5.43. The first-order valence-corrected chi connectivity index (χ1v) is 14.7. The van der Waals surface area contributed by atoms with E-state index in [2.05, 4.69) is 84.9 Å². The SMILES string of the molecule is Nc1nc(SCC=Cc2ccccc2)nc2sc3c(c12)CC(c1ccccc1)SC3c1ccccc1. The molecule has 1 aliphatic heterocycles. The van der Waals surface area contributed by atoms with Gasteiger partial charge in [-0.1, -0.05) is 115 Å². The predicted octanol–water partition coefficient (Wildman–Crippen LogP) is 8.20. The lowest BCUT2D eigenvalue weighted by Gasteiger charge is -2.30. The molecule has 0 spiro atoms. The van der Waals surface area contributed by atoms with Crippen LogP contribution in [0.5, 0.6) is 0 Å². The maximum atomic E-state index is 6.61. The van der Waals surface area contributed by atoms with Gasteiger partial charge in [-0.3, -0.25) is 0 Å². The number of thioether (sulfide) groups is 2. The Morgan fingerprint density at radius 3 is 2.25 bits per heavy atom. The van der Waals surface area contributed by atoms with Gasteiger partial charge < -0.3 is 5.73 Å². The van der Waals surface area contributed by atoms with Crippen LogP contribution in [0.1, 0.15) is 37.6 Å². The van der Waals surface area contributed by atoms with Gasteiger partial charge in [-0.2, -0.15) is 0 Å². The van der Waals surface area contributed by atoms with E-state index in [9.17, 15) is 0 Å². The molecule has 0 amide bonds. The Hall–Kier alpha value is -3.06. The number of nitrogen functional groups attached to an aromatic ring is 1. The van der Waals surface area contributed by atoms with Crippen molar-refractivity contribution in [1.82, 2.24) is 9.97 Å². The van der Waals surface area contributed by atoms with E-state index >= 15 is 0 Å². The number of fused-ring (bicyclic) bond motifs is 3. The van der Waals surface area contributed by atoms with E-state index in [1.54, 1.807) is 23.1 Å². The summed E-state index contributed by atoms with van der Waals surface area (Å²) < 4.78 is 0. The molecule has 3 nitrogen and oxygen atoms in total. The second-order valence-electron chi connectivity index (χ2n) is 8.67.